The summed E-state index contributed by atoms with van der Waals surface area (Å²) in [7, 11) is 0. The molecule has 61 heavy (non-hydrogen) atoms. The number of amides is 7. The van der Waals surface area contributed by atoms with E-state index in [4.69, 9.17) is 22.9 Å². The Kier molecular flexibility index (Phi) is 23.4. The van der Waals surface area contributed by atoms with Crippen molar-refractivity contribution in [3.05, 3.63) is 35.9 Å². The number of nitrogens with one attached hydrogen (secondary N) is 6. The zero-order valence-corrected chi connectivity index (χ0v) is 35.1. The molecule has 24 heteroatoms. The zero-order valence-electron chi connectivity index (χ0n) is 34.2. The number of guanidine groups is 1. The van der Waals surface area contributed by atoms with Gasteiger partial charge in [0.25, 0.3) is 0 Å². The van der Waals surface area contributed by atoms with E-state index in [0.29, 0.717) is 5.56 Å². The molecule has 8 atom stereocenters. The predicted octanol–water partition coefficient (Wildman–Crippen LogP) is -4.30. The van der Waals surface area contributed by atoms with Crippen LogP contribution in [0.1, 0.15) is 64.9 Å². The molecule has 0 aliphatic carbocycles. The molecule has 0 unspecified atom stereocenters. The average molecular weight is 882 g/mol. The first-order valence-electron chi connectivity index (χ1n) is 19.2. The number of carboxylic acid groups (broad SMARTS) is 2. The van der Waals surface area contributed by atoms with Gasteiger partial charge in [0.15, 0.2) is 5.96 Å². The molecule has 1 rings (SSSR count). The topological polar surface area (TPSA) is 403 Å². The number of rotatable bonds is 28. The summed E-state index contributed by atoms with van der Waals surface area (Å²) < 4.78 is 0. The fraction of sp³-hybridized carbons (Fsp3) is 0.568. The highest BCUT2D eigenvalue weighted by atomic mass is 32.1. The Balaban J connectivity index is 3.38. The number of carboxylic acids is 2. The number of aliphatic carboxylic acids is 2. The molecule has 0 radical (unpaired) electrons. The molecule has 1 aromatic rings. The van der Waals surface area contributed by atoms with Crippen molar-refractivity contribution in [1.29, 1.82) is 0 Å². The van der Waals surface area contributed by atoms with Gasteiger partial charge in [-0.2, -0.15) is 12.6 Å². The lowest BCUT2D eigenvalue weighted by atomic mass is 10.00. The van der Waals surface area contributed by atoms with E-state index in [1.807, 2.05) is 0 Å². The third kappa shape index (κ3) is 20.7. The number of benzene rings is 1. The maximum absolute atomic E-state index is 14.0. The summed E-state index contributed by atoms with van der Waals surface area (Å²) in [5, 5.41) is 44.0. The second-order valence-corrected chi connectivity index (χ2v) is 14.9. The average Bonchev–Trinajstić information content (AvgIpc) is 3.17. The summed E-state index contributed by atoms with van der Waals surface area (Å²) in [6.45, 7) is 4.71. The maximum atomic E-state index is 14.0. The van der Waals surface area contributed by atoms with Crippen LogP contribution in [0.15, 0.2) is 35.3 Å². The SMILES string of the molecule is CC(C)C[C@H](NC(=O)[C@H](CCC(=O)O)NC(=O)[C@H](CS)NC(=O)[C@@H](N)CC(N)=O)C(=O)N[C@@H](Cc1ccccc1)C(=O)N[C@H](C(=O)N[C@@H](CCCN=C(N)N)C(=O)O)[C@@H](C)O. The normalized spacial score (nSPS) is 14.9. The quantitative estimate of drug-likeness (QED) is 0.0164. The number of aliphatic imine (C=N–C) groups is 1. The second kappa shape index (κ2) is 27.0. The molecule has 0 heterocycles. The molecule has 0 aromatic heterocycles. The number of nitrogens with two attached hydrogens (primary N) is 4. The van der Waals surface area contributed by atoms with E-state index in [1.165, 1.54) is 6.92 Å². The first kappa shape index (κ1) is 53.0. The lowest BCUT2D eigenvalue weighted by Crippen LogP contribution is -2.61. The van der Waals surface area contributed by atoms with Crippen molar-refractivity contribution in [3.63, 3.8) is 0 Å². The smallest absolute Gasteiger partial charge is 0.326 e. The first-order valence-corrected chi connectivity index (χ1v) is 19.9. The Morgan fingerprint density at radius 3 is 1.74 bits per heavy atom. The number of aliphatic hydroxyl groups excluding tert-OH is 1. The lowest BCUT2D eigenvalue weighted by molar-refractivity contribution is -0.143. The zero-order chi connectivity index (χ0) is 46.4. The van der Waals surface area contributed by atoms with Gasteiger partial charge in [0.2, 0.25) is 41.4 Å². The summed E-state index contributed by atoms with van der Waals surface area (Å²) in [6, 6.07) is -2.00. The van der Waals surface area contributed by atoms with Crippen LogP contribution in [0.2, 0.25) is 0 Å². The Hall–Kier alpha value is -6.01. The minimum absolute atomic E-state index is 0.0254. The highest BCUT2D eigenvalue weighted by Crippen LogP contribution is 2.11. The lowest BCUT2D eigenvalue weighted by Gasteiger charge is -2.28. The van der Waals surface area contributed by atoms with Crippen LogP contribution in [-0.2, 0) is 49.6 Å². The standard InChI is InChI=1S/C37H59N11O12S/c1-18(2)14-24(45-31(54)22(11-12-28(51)52)43-34(57)26(17-61)47-30(53)21(38)16-27(39)50)32(55)46-25(15-20-8-5-4-6-9-20)33(56)48-29(19(3)49)35(58)44-23(36(59)60)10-7-13-42-37(40)41/h4-6,8-9,18-19,21-26,29,49,61H,7,10-17,38H2,1-3H3,(H2,39,50)(H,43,57)(H,44,58)(H,45,54)(H,46,55)(H,47,53)(H,48,56)(H,51,52)(H,59,60)(H4,40,41,42)/t19-,21+,22+,23+,24+,25+,26+,29+/m1/s1. The van der Waals surface area contributed by atoms with E-state index in [-0.39, 0.29) is 49.9 Å². The van der Waals surface area contributed by atoms with Gasteiger partial charge in [-0.05, 0) is 44.1 Å². The van der Waals surface area contributed by atoms with Crippen LogP contribution in [0.3, 0.4) is 0 Å². The fourth-order valence-corrected chi connectivity index (χ4v) is 5.84. The second-order valence-electron chi connectivity index (χ2n) is 14.5. The largest absolute Gasteiger partial charge is 0.481 e. The predicted molar refractivity (Wildman–Crippen MR) is 223 cm³/mol. The van der Waals surface area contributed by atoms with Gasteiger partial charge in [0, 0.05) is 25.1 Å². The number of aliphatic hydroxyl groups is 1. The highest BCUT2D eigenvalue weighted by Gasteiger charge is 2.35. The summed E-state index contributed by atoms with van der Waals surface area (Å²) in [5.41, 5.74) is 21.9. The number of carbonyl (C=O) groups excluding carboxylic acids is 7. The third-order valence-corrected chi connectivity index (χ3v) is 9.10. The van der Waals surface area contributed by atoms with Crippen LogP contribution < -0.4 is 54.8 Å². The van der Waals surface area contributed by atoms with Crippen molar-refractivity contribution >= 4 is 71.9 Å². The van der Waals surface area contributed by atoms with Gasteiger partial charge in [0.05, 0.1) is 18.6 Å². The van der Waals surface area contributed by atoms with Crippen molar-refractivity contribution in [2.75, 3.05) is 12.3 Å². The molecule has 340 valence electrons. The van der Waals surface area contributed by atoms with E-state index in [1.54, 1.807) is 44.2 Å². The van der Waals surface area contributed by atoms with Crippen molar-refractivity contribution < 1.29 is 58.5 Å². The molecule has 7 amide bonds. The Labute approximate surface area is 357 Å². The van der Waals surface area contributed by atoms with Gasteiger partial charge in [-0.25, -0.2) is 4.79 Å². The molecule has 0 aliphatic heterocycles. The van der Waals surface area contributed by atoms with E-state index in [2.05, 4.69) is 49.5 Å². The fourth-order valence-electron chi connectivity index (χ4n) is 5.58. The van der Waals surface area contributed by atoms with Gasteiger partial charge < -0.3 is 70.2 Å². The molecule has 0 saturated heterocycles. The number of carbonyl (C=O) groups is 9. The van der Waals surface area contributed by atoms with Crippen LogP contribution >= 0.6 is 12.6 Å². The number of nitrogens with zero attached hydrogens (tertiary/aromatic N) is 1. The van der Waals surface area contributed by atoms with E-state index >= 15 is 0 Å². The first-order chi connectivity index (χ1) is 28.5. The van der Waals surface area contributed by atoms with Crippen molar-refractivity contribution in [2.45, 2.75) is 114 Å². The van der Waals surface area contributed by atoms with Crippen molar-refractivity contribution in [2.24, 2.45) is 33.8 Å². The third-order valence-electron chi connectivity index (χ3n) is 8.73. The van der Waals surface area contributed by atoms with E-state index in [9.17, 15) is 58.5 Å². The minimum atomic E-state index is -1.70. The summed E-state index contributed by atoms with van der Waals surface area (Å²) in [5.74, 6) is -10.2. The summed E-state index contributed by atoms with van der Waals surface area (Å²) in [6.07, 6.45) is -3.28. The van der Waals surface area contributed by atoms with Gasteiger partial charge in [-0.1, -0.05) is 44.2 Å². The molecule has 0 aliphatic rings. The van der Waals surface area contributed by atoms with Crippen LogP contribution in [0, 0.1) is 5.92 Å². The molecule has 0 spiro atoms. The molecule has 0 bridgehead atoms. The van der Waals surface area contributed by atoms with Crippen molar-refractivity contribution in [3.8, 4) is 0 Å². The Morgan fingerprint density at radius 1 is 0.689 bits per heavy atom. The number of thiol groups is 1. The van der Waals surface area contributed by atoms with Gasteiger partial charge >= 0.3 is 11.9 Å². The monoisotopic (exact) mass is 881 g/mol. The molecule has 17 N–H and O–H groups in total. The summed E-state index contributed by atoms with van der Waals surface area (Å²) >= 11 is 4.06. The van der Waals surface area contributed by atoms with E-state index < -0.39 is 121 Å². The Bertz CT molecular complexity index is 1710. The molecule has 23 nitrogen and oxygen atoms in total. The summed E-state index contributed by atoms with van der Waals surface area (Å²) in [4.78, 5) is 119. The van der Waals surface area contributed by atoms with Gasteiger partial charge in [-0.3, -0.25) is 43.3 Å². The van der Waals surface area contributed by atoms with Gasteiger partial charge in [0.1, 0.15) is 36.3 Å². The van der Waals surface area contributed by atoms with Crippen LogP contribution in [0.5, 0.6) is 0 Å². The van der Waals surface area contributed by atoms with Crippen molar-refractivity contribution in [1.82, 2.24) is 31.9 Å². The number of hydrogen-bond acceptors (Lipinski definition) is 13. The van der Waals surface area contributed by atoms with Crippen LogP contribution in [-0.4, -0.2) is 135 Å². The van der Waals surface area contributed by atoms with E-state index in [0.717, 1.165) is 0 Å². The molecule has 0 fully saturated rings. The maximum Gasteiger partial charge on any atom is 0.326 e. The van der Waals surface area contributed by atoms with Crippen LogP contribution in [0.25, 0.3) is 0 Å². The number of primary amides is 1. The van der Waals surface area contributed by atoms with Gasteiger partial charge in [-0.15, -0.1) is 0 Å². The molecular weight excluding hydrogens is 823 g/mol. The number of hydrogen-bond donors (Lipinski definition) is 14. The molecule has 0 saturated carbocycles. The highest BCUT2D eigenvalue weighted by molar-refractivity contribution is 7.80. The Morgan fingerprint density at radius 2 is 1.21 bits per heavy atom. The molecule has 1 aromatic carbocycles. The molecular formula is C37H59N11O12S. The van der Waals surface area contributed by atoms with Crippen LogP contribution in [0.4, 0.5) is 0 Å². The minimum Gasteiger partial charge on any atom is -0.481 e.